The van der Waals surface area contributed by atoms with Crippen molar-refractivity contribution in [1.29, 1.82) is 0 Å². The largest absolute Gasteiger partial charge is 0.361 e. The fourth-order valence-corrected chi connectivity index (χ4v) is 7.27. The molecule has 164 valence electrons. The molecular weight excluding hydrogens is 454 g/mol. The number of aromatic amines is 1. The molecule has 0 spiro atoms. The van der Waals surface area contributed by atoms with E-state index in [-0.39, 0.29) is 16.3 Å². The second-order valence-corrected chi connectivity index (χ2v) is 10.9. The van der Waals surface area contributed by atoms with Crippen LogP contribution in [0.25, 0.3) is 26.3 Å². The third-order valence-corrected chi connectivity index (χ3v) is 8.73. The highest BCUT2D eigenvalue weighted by Crippen LogP contribution is 2.34. The second kappa shape index (κ2) is 8.22. The maximum atomic E-state index is 13.3. The number of piperidine rings is 1. The van der Waals surface area contributed by atoms with E-state index in [9.17, 15) is 8.42 Å². The molecule has 0 amide bonds. The summed E-state index contributed by atoms with van der Waals surface area (Å²) < 4.78 is 31.2. The van der Waals surface area contributed by atoms with Gasteiger partial charge in [-0.25, -0.2) is 13.4 Å². The van der Waals surface area contributed by atoms with Crippen molar-refractivity contribution in [3.8, 4) is 10.4 Å². The van der Waals surface area contributed by atoms with Gasteiger partial charge in [-0.2, -0.15) is 4.72 Å². The van der Waals surface area contributed by atoms with Crippen molar-refractivity contribution in [3.05, 3.63) is 41.8 Å². The number of nitrogens with one attached hydrogen (secondary N) is 2. The lowest BCUT2D eigenvalue weighted by Crippen LogP contribution is -2.49. The highest BCUT2D eigenvalue weighted by molar-refractivity contribution is 7.89. The number of fused-ring (bicyclic) bond motifs is 2. The van der Waals surface area contributed by atoms with Crippen molar-refractivity contribution in [1.82, 2.24) is 24.0 Å². The number of nitrogens with zero attached hydrogens (tertiary/aromatic N) is 3. The van der Waals surface area contributed by atoms with Gasteiger partial charge in [0.25, 0.3) is 10.0 Å². The number of hydrogen-bond acceptors (Lipinski definition) is 5. The predicted molar refractivity (Wildman–Crippen MR) is 125 cm³/mol. The van der Waals surface area contributed by atoms with Gasteiger partial charge < -0.3 is 4.98 Å². The summed E-state index contributed by atoms with van der Waals surface area (Å²) in [6, 6.07) is 8.12. The number of benzene rings is 1. The Kier molecular flexibility index (Phi) is 5.56. The van der Waals surface area contributed by atoms with Crippen LogP contribution in [0.5, 0.6) is 0 Å². The topological polar surface area (TPSA) is 82.5 Å². The summed E-state index contributed by atoms with van der Waals surface area (Å²) in [5.74, 6) is 0. The Balaban J connectivity index is 1.50. The minimum atomic E-state index is -3.85. The fraction of sp³-hybridized carbons (Fsp3) is 0.381. The number of aromatic nitrogens is 3. The molecule has 7 nitrogen and oxygen atoms in total. The van der Waals surface area contributed by atoms with Crippen LogP contribution >= 0.6 is 22.9 Å². The number of H-pyrrole nitrogens is 1. The Morgan fingerprint density at radius 2 is 2.06 bits per heavy atom. The van der Waals surface area contributed by atoms with E-state index in [1.165, 1.54) is 17.8 Å². The molecule has 1 fully saturated rings. The quantitative estimate of drug-likeness (QED) is 0.421. The zero-order chi connectivity index (χ0) is 21.6. The van der Waals surface area contributed by atoms with Gasteiger partial charge in [0.05, 0.1) is 11.0 Å². The molecule has 31 heavy (non-hydrogen) atoms. The molecule has 0 saturated carbocycles. The monoisotopic (exact) mass is 477 g/mol. The SMILES string of the molecule is CCC(NS(=O)(=O)c1c(Cl)nc2sc(-c3ccc4[nH]ccc4c3)cn12)N1CCCCC1. The first-order chi connectivity index (χ1) is 15.0. The number of hydrogen-bond donors (Lipinski definition) is 2. The summed E-state index contributed by atoms with van der Waals surface area (Å²) in [5.41, 5.74) is 2.07. The Labute approximate surface area is 190 Å². The van der Waals surface area contributed by atoms with Gasteiger partial charge in [0.2, 0.25) is 0 Å². The fourth-order valence-electron chi connectivity index (χ4n) is 4.26. The number of likely N-dealkylation sites (tertiary alicyclic amines) is 1. The van der Waals surface area contributed by atoms with E-state index in [1.807, 2.05) is 37.5 Å². The van der Waals surface area contributed by atoms with E-state index in [4.69, 9.17) is 11.6 Å². The first-order valence-corrected chi connectivity index (χ1v) is 13.2. The van der Waals surface area contributed by atoms with Gasteiger partial charge in [-0.3, -0.25) is 9.30 Å². The maximum Gasteiger partial charge on any atom is 0.261 e. The molecule has 1 aliphatic heterocycles. The molecular formula is C21H24ClN5O2S2. The molecule has 0 aliphatic carbocycles. The summed E-state index contributed by atoms with van der Waals surface area (Å²) >= 11 is 7.73. The molecule has 1 saturated heterocycles. The predicted octanol–water partition coefficient (Wildman–Crippen LogP) is 4.70. The number of thiazole rings is 1. The minimum absolute atomic E-state index is 0.000107. The normalized spacial score (nSPS) is 17.0. The van der Waals surface area contributed by atoms with Crippen LogP contribution in [0, 0.1) is 0 Å². The third-order valence-electron chi connectivity index (χ3n) is 5.84. The first kappa shape index (κ1) is 21.0. The lowest BCUT2D eigenvalue weighted by Gasteiger charge is -2.34. The van der Waals surface area contributed by atoms with Crippen LogP contribution in [0.4, 0.5) is 0 Å². The number of sulfonamides is 1. The molecule has 1 unspecified atom stereocenters. The molecule has 4 heterocycles. The Morgan fingerprint density at radius 1 is 1.26 bits per heavy atom. The summed E-state index contributed by atoms with van der Waals surface area (Å²) in [5, 5.41) is 1.10. The van der Waals surface area contributed by atoms with Gasteiger partial charge >= 0.3 is 0 Å². The van der Waals surface area contributed by atoms with Crippen molar-refractivity contribution in [2.75, 3.05) is 13.1 Å². The van der Waals surface area contributed by atoms with E-state index < -0.39 is 10.0 Å². The molecule has 3 aromatic heterocycles. The van der Waals surface area contributed by atoms with Crippen molar-refractivity contribution in [3.63, 3.8) is 0 Å². The number of imidazole rings is 1. The summed E-state index contributed by atoms with van der Waals surface area (Å²) in [4.78, 5) is 11.2. The van der Waals surface area contributed by atoms with Crippen LogP contribution in [-0.2, 0) is 10.0 Å². The zero-order valence-electron chi connectivity index (χ0n) is 17.1. The van der Waals surface area contributed by atoms with E-state index in [2.05, 4.69) is 25.7 Å². The smallest absolute Gasteiger partial charge is 0.261 e. The van der Waals surface area contributed by atoms with Crippen molar-refractivity contribution < 1.29 is 8.42 Å². The van der Waals surface area contributed by atoms with Crippen LogP contribution in [0.2, 0.25) is 5.15 Å². The maximum absolute atomic E-state index is 13.3. The van der Waals surface area contributed by atoms with Gasteiger partial charge in [0, 0.05) is 17.9 Å². The highest BCUT2D eigenvalue weighted by Gasteiger charge is 2.30. The molecule has 10 heteroatoms. The van der Waals surface area contributed by atoms with Crippen LogP contribution in [0.15, 0.2) is 41.7 Å². The van der Waals surface area contributed by atoms with Crippen molar-refractivity contribution in [2.45, 2.75) is 43.8 Å². The summed E-state index contributed by atoms with van der Waals surface area (Å²) in [6.07, 6.45) is 7.53. The second-order valence-electron chi connectivity index (χ2n) is 7.88. The van der Waals surface area contributed by atoms with Crippen LogP contribution < -0.4 is 4.72 Å². The zero-order valence-corrected chi connectivity index (χ0v) is 19.5. The molecule has 5 rings (SSSR count). The molecule has 1 aromatic carbocycles. The van der Waals surface area contributed by atoms with Gasteiger partial charge in [-0.15, -0.1) is 0 Å². The number of halogens is 1. The Morgan fingerprint density at radius 3 is 2.84 bits per heavy atom. The molecule has 4 aromatic rings. The minimum Gasteiger partial charge on any atom is -0.361 e. The van der Waals surface area contributed by atoms with Gasteiger partial charge in [0.1, 0.15) is 0 Å². The van der Waals surface area contributed by atoms with Crippen molar-refractivity contribution in [2.24, 2.45) is 0 Å². The standard InChI is InChI=1S/C21H24ClN5O2S2/c1-2-18(26-10-4-3-5-11-26)25-31(28,29)20-19(22)24-21-27(20)13-17(30-21)15-6-7-16-14(12-15)8-9-23-16/h6-9,12-13,18,23,25H,2-5,10-11H2,1H3. The van der Waals surface area contributed by atoms with E-state index >= 15 is 0 Å². The Bertz CT molecular complexity index is 1330. The van der Waals surface area contributed by atoms with E-state index in [1.54, 1.807) is 4.40 Å². The lowest BCUT2D eigenvalue weighted by atomic mass is 10.1. The summed E-state index contributed by atoms with van der Waals surface area (Å²) in [7, 11) is -3.85. The first-order valence-electron chi connectivity index (χ1n) is 10.5. The van der Waals surface area contributed by atoms with Gasteiger partial charge in [-0.05, 0) is 61.5 Å². The van der Waals surface area contributed by atoms with E-state index in [0.717, 1.165) is 47.3 Å². The van der Waals surface area contributed by atoms with Crippen LogP contribution in [0.3, 0.4) is 0 Å². The third kappa shape index (κ3) is 3.89. The van der Waals surface area contributed by atoms with E-state index in [0.29, 0.717) is 11.4 Å². The average molecular weight is 478 g/mol. The lowest BCUT2D eigenvalue weighted by molar-refractivity contribution is 0.150. The molecule has 1 aliphatic rings. The number of rotatable bonds is 6. The van der Waals surface area contributed by atoms with Crippen LogP contribution in [-0.4, -0.2) is 46.9 Å². The molecule has 0 bridgehead atoms. The molecule has 2 N–H and O–H groups in total. The van der Waals surface area contributed by atoms with Gasteiger partial charge in [0.15, 0.2) is 15.1 Å². The molecule has 0 radical (unpaired) electrons. The summed E-state index contributed by atoms with van der Waals surface area (Å²) in [6.45, 7) is 3.80. The Hall–Kier alpha value is -1.91. The highest BCUT2D eigenvalue weighted by atomic mass is 35.5. The molecule has 1 atom stereocenters. The van der Waals surface area contributed by atoms with Gasteiger partial charge in [-0.1, -0.05) is 42.3 Å². The van der Waals surface area contributed by atoms with Crippen molar-refractivity contribution >= 4 is 48.8 Å². The average Bonchev–Trinajstić information content (AvgIpc) is 3.45. The van der Waals surface area contributed by atoms with Crippen LogP contribution in [0.1, 0.15) is 32.6 Å².